The van der Waals surface area contributed by atoms with Crippen molar-refractivity contribution in [3.63, 3.8) is 0 Å². The second-order valence-electron chi connectivity index (χ2n) is 5.20. The smallest absolute Gasteiger partial charge is 0.139 e. The molecular formula is C16H21BrN4. The maximum absolute atomic E-state index is 4.42. The molecule has 21 heavy (non-hydrogen) atoms. The van der Waals surface area contributed by atoms with Gasteiger partial charge in [-0.25, -0.2) is 9.97 Å². The molecular weight excluding hydrogens is 328 g/mol. The minimum atomic E-state index is 0.334. The highest BCUT2D eigenvalue weighted by atomic mass is 79.9. The molecule has 0 atom stereocenters. The Bertz CT molecular complexity index is 599. The highest BCUT2D eigenvalue weighted by Crippen LogP contribution is 2.30. The first-order valence-electron chi connectivity index (χ1n) is 7.23. The van der Waals surface area contributed by atoms with E-state index in [2.05, 4.69) is 57.3 Å². The van der Waals surface area contributed by atoms with Gasteiger partial charge in [-0.2, -0.15) is 0 Å². The number of rotatable bonds is 6. The van der Waals surface area contributed by atoms with E-state index in [4.69, 9.17) is 0 Å². The molecule has 2 N–H and O–H groups in total. The van der Waals surface area contributed by atoms with Gasteiger partial charge in [0.15, 0.2) is 0 Å². The van der Waals surface area contributed by atoms with Gasteiger partial charge in [0.25, 0.3) is 0 Å². The molecule has 4 nitrogen and oxygen atoms in total. The summed E-state index contributed by atoms with van der Waals surface area (Å²) < 4.78 is 1.04. The van der Waals surface area contributed by atoms with Gasteiger partial charge in [0.2, 0.25) is 0 Å². The molecule has 0 unspecified atom stereocenters. The lowest BCUT2D eigenvalue weighted by atomic mass is 10.0. The largest absolute Gasteiger partial charge is 0.370 e. The summed E-state index contributed by atoms with van der Waals surface area (Å²) in [7, 11) is 0. The van der Waals surface area contributed by atoms with Crippen LogP contribution in [0.5, 0.6) is 0 Å². The van der Waals surface area contributed by atoms with Crippen molar-refractivity contribution in [3.8, 4) is 0 Å². The van der Waals surface area contributed by atoms with Crippen molar-refractivity contribution in [3.05, 3.63) is 40.6 Å². The van der Waals surface area contributed by atoms with E-state index in [9.17, 15) is 0 Å². The number of hydrogen-bond donors (Lipinski definition) is 2. The second kappa shape index (κ2) is 7.41. The first kappa shape index (κ1) is 15.8. The predicted octanol–water partition coefficient (Wildman–Crippen LogP) is 4.93. The van der Waals surface area contributed by atoms with Crippen LogP contribution in [0.3, 0.4) is 0 Å². The second-order valence-corrected chi connectivity index (χ2v) is 6.12. The number of halogens is 1. The fourth-order valence-electron chi connectivity index (χ4n) is 2.13. The molecule has 0 bridgehead atoms. The van der Waals surface area contributed by atoms with Crippen LogP contribution in [0.15, 0.2) is 35.1 Å². The summed E-state index contributed by atoms with van der Waals surface area (Å²) >= 11 is 3.49. The zero-order valence-corrected chi connectivity index (χ0v) is 14.2. The van der Waals surface area contributed by atoms with Crippen molar-refractivity contribution in [1.82, 2.24) is 9.97 Å². The van der Waals surface area contributed by atoms with E-state index in [1.165, 1.54) is 0 Å². The van der Waals surface area contributed by atoms with Gasteiger partial charge < -0.3 is 10.6 Å². The van der Waals surface area contributed by atoms with Gasteiger partial charge in [-0.05, 0) is 30.5 Å². The maximum atomic E-state index is 4.42. The Morgan fingerprint density at radius 3 is 2.62 bits per heavy atom. The van der Waals surface area contributed by atoms with E-state index in [0.29, 0.717) is 5.92 Å². The Balaban J connectivity index is 2.33. The zero-order valence-electron chi connectivity index (χ0n) is 12.7. The van der Waals surface area contributed by atoms with E-state index in [1.807, 2.05) is 24.3 Å². The first-order chi connectivity index (χ1) is 10.1. The molecule has 2 rings (SSSR count). The molecule has 0 aliphatic heterocycles. The summed E-state index contributed by atoms with van der Waals surface area (Å²) in [6.07, 6.45) is 2.67. The lowest BCUT2D eigenvalue weighted by molar-refractivity contribution is 0.844. The molecule has 1 aromatic heterocycles. The van der Waals surface area contributed by atoms with Gasteiger partial charge in [-0.15, -0.1) is 0 Å². The molecule has 2 aromatic rings. The highest BCUT2D eigenvalue weighted by molar-refractivity contribution is 9.10. The molecule has 1 heterocycles. The highest BCUT2D eigenvalue weighted by Gasteiger charge is 2.14. The van der Waals surface area contributed by atoms with Crippen LogP contribution in [0.1, 0.15) is 38.7 Å². The Kier molecular flexibility index (Phi) is 5.56. The molecule has 0 spiro atoms. The van der Waals surface area contributed by atoms with E-state index in [-0.39, 0.29) is 0 Å². The fourth-order valence-corrected chi connectivity index (χ4v) is 2.53. The van der Waals surface area contributed by atoms with Crippen LogP contribution in [0.25, 0.3) is 0 Å². The Labute approximate surface area is 134 Å². The van der Waals surface area contributed by atoms with E-state index in [0.717, 1.165) is 40.3 Å². The van der Waals surface area contributed by atoms with Crippen LogP contribution < -0.4 is 10.6 Å². The number of hydrogen-bond acceptors (Lipinski definition) is 4. The third kappa shape index (κ3) is 4.17. The Morgan fingerprint density at radius 2 is 1.95 bits per heavy atom. The van der Waals surface area contributed by atoms with Crippen molar-refractivity contribution in [2.75, 3.05) is 17.2 Å². The summed E-state index contributed by atoms with van der Waals surface area (Å²) in [5.41, 5.74) is 2.12. The van der Waals surface area contributed by atoms with Crippen molar-refractivity contribution in [2.45, 2.75) is 33.1 Å². The Morgan fingerprint density at radius 1 is 1.19 bits per heavy atom. The monoisotopic (exact) mass is 348 g/mol. The molecule has 0 saturated heterocycles. The topological polar surface area (TPSA) is 49.8 Å². The third-order valence-electron chi connectivity index (χ3n) is 3.09. The van der Waals surface area contributed by atoms with Gasteiger partial charge in [-0.3, -0.25) is 0 Å². The summed E-state index contributed by atoms with van der Waals surface area (Å²) in [6, 6.07) is 8.06. The summed E-state index contributed by atoms with van der Waals surface area (Å²) in [5, 5.41) is 6.77. The van der Waals surface area contributed by atoms with Gasteiger partial charge >= 0.3 is 0 Å². The number of benzene rings is 1. The molecule has 5 heteroatoms. The van der Waals surface area contributed by atoms with Crippen LogP contribution in [-0.4, -0.2) is 16.5 Å². The summed E-state index contributed by atoms with van der Waals surface area (Å²) in [6.45, 7) is 7.36. The average molecular weight is 349 g/mol. The summed E-state index contributed by atoms with van der Waals surface area (Å²) in [4.78, 5) is 8.80. The maximum Gasteiger partial charge on any atom is 0.139 e. The van der Waals surface area contributed by atoms with Crippen molar-refractivity contribution >= 4 is 33.3 Å². The first-order valence-corrected chi connectivity index (χ1v) is 8.02. The molecule has 0 radical (unpaired) electrons. The SMILES string of the molecule is CCCNc1ncnc(Nc2cccc(Br)c2)c1C(C)C. The minimum absolute atomic E-state index is 0.334. The van der Waals surface area contributed by atoms with Crippen LogP contribution in [-0.2, 0) is 0 Å². The number of aromatic nitrogens is 2. The molecule has 0 aliphatic rings. The number of nitrogens with one attached hydrogen (secondary N) is 2. The normalized spacial score (nSPS) is 10.7. The molecule has 112 valence electrons. The van der Waals surface area contributed by atoms with Crippen LogP contribution in [0.4, 0.5) is 17.3 Å². The van der Waals surface area contributed by atoms with E-state index >= 15 is 0 Å². The Hall–Kier alpha value is -1.62. The summed E-state index contributed by atoms with van der Waals surface area (Å²) in [5.74, 6) is 2.11. The quantitative estimate of drug-likeness (QED) is 0.777. The van der Waals surface area contributed by atoms with Gasteiger partial charge in [-0.1, -0.05) is 42.8 Å². The fraction of sp³-hybridized carbons (Fsp3) is 0.375. The minimum Gasteiger partial charge on any atom is -0.370 e. The van der Waals surface area contributed by atoms with Crippen molar-refractivity contribution in [2.24, 2.45) is 0 Å². The molecule has 0 saturated carbocycles. The van der Waals surface area contributed by atoms with Crippen molar-refractivity contribution in [1.29, 1.82) is 0 Å². The zero-order chi connectivity index (χ0) is 15.2. The van der Waals surface area contributed by atoms with Gasteiger partial charge in [0, 0.05) is 22.3 Å². The lowest BCUT2D eigenvalue weighted by Gasteiger charge is -2.17. The standard InChI is InChI=1S/C16H21BrN4/c1-4-8-18-15-14(11(2)3)16(20-10-19-15)21-13-7-5-6-12(17)9-13/h5-7,9-11H,4,8H2,1-3H3,(H2,18,19,20,21). The third-order valence-corrected chi connectivity index (χ3v) is 3.58. The predicted molar refractivity (Wildman–Crippen MR) is 92.3 cm³/mol. The van der Waals surface area contributed by atoms with Crippen molar-refractivity contribution < 1.29 is 0 Å². The number of nitrogens with zero attached hydrogens (tertiary/aromatic N) is 2. The molecule has 1 aromatic carbocycles. The molecule has 0 fully saturated rings. The van der Waals surface area contributed by atoms with Gasteiger partial charge in [0.1, 0.15) is 18.0 Å². The average Bonchev–Trinajstić information content (AvgIpc) is 2.45. The van der Waals surface area contributed by atoms with E-state index < -0.39 is 0 Å². The van der Waals surface area contributed by atoms with Crippen LogP contribution >= 0.6 is 15.9 Å². The molecule has 0 aliphatic carbocycles. The molecule has 0 amide bonds. The lowest BCUT2D eigenvalue weighted by Crippen LogP contribution is -2.10. The van der Waals surface area contributed by atoms with E-state index in [1.54, 1.807) is 6.33 Å². The number of anilines is 3. The van der Waals surface area contributed by atoms with Crippen LogP contribution in [0, 0.1) is 0 Å². The van der Waals surface area contributed by atoms with Gasteiger partial charge in [0.05, 0.1) is 0 Å². The van der Waals surface area contributed by atoms with Crippen LogP contribution in [0.2, 0.25) is 0 Å².